The Morgan fingerprint density at radius 1 is 1.00 bits per heavy atom. The minimum absolute atomic E-state index is 0.254. The number of halogens is 3. The van der Waals surface area contributed by atoms with Gasteiger partial charge in [-0.05, 0) is 24.3 Å². The Bertz CT molecular complexity index is 702. The smallest absolute Gasteiger partial charge is 0.195 e. The van der Waals surface area contributed by atoms with Gasteiger partial charge in [-0.2, -0.15) is 0 Å². The molecule has 21 heavy (non-hydrogen) atoms. The molecule has 0 saturated heterocycles. The summed E-state index contributed by atoms with van der Waals surface area (Å²) in [6.45, 7) is 0. The lowest BCUT2D eigenvalue weighted by molar-refractivity contribution is 0.103. The third-order valence-corrected chi connectivity index (χ3v) is 4.13. The third-order valence-electron chi connectivity index (χ3n) is 2.89. The largest absolute Gasteiger partial charge is 0.493 e. The summed E-state index contributed by atoms with van der Waals surface area (Å²) in [5.74, 6) is 0.642. The molecule has 0 atom stereocenters. The zero-order valence-corrected chi connectivity index (χ0v) is 14.3. The lowest BCUT2D eigenvalue weighted by Gasteiger charge is -2.12. The molecule has 0 aliphatic carbocycles. The maximum absolute atomic E-state index is 12.6. The zero-order valence-electron chi connectivity index (χ0n) is 11.2. The van der Waals surface area contributed by atoms with E-state index in [9.17, 15) is 4.79 Å². The standard InChI is InChI=1S/C15H11BrCl2O3/c1-20-13-6-10(12(18)7-14(13)21-2)15(19)9-5-8(17)3-4-11(9)16/h3-7H,1-2H3. The van der Waals surface area contributed by atoms with Crippen LogP contribution < -0.4 is 9.47 Å². The SMILES string of the molecule is COc1cc(Cl)c(C(=O)c2cc(Cl)ccc2Br)cc1OC. The summed E-state index contributed by atoms with van der Waals surface area (Å²) in [5, 5.41) is 0.752. The fourth-order valence-electron chi connectivity index (χ4n) is 1.84. The molecule has 110 valence electrons. The lowest BCUT2D eigenvalue weighted by atomic mass is 10.0. The highest BCUT2D eigenvalue weighted by atomic mass is 79.9. The van der Waals surface area contributed by atoms with Crippen molar-refractivity contribution >= 4 is 44.9 Å². The normalized spacial score (nSPS) is 10.3. The fraction of sp³-hybridized carbons (Fsp3) is 0.133. The molecule has 3 nitrogen and oxygen atoms in total. The van der Waals surface area contributed by atoms with Gasteiger partial charge in [-0.1, -0.05) is 39.1 Å². The van der Waals surface area contributed by atoms with Gasteiger partial charge in [0.25, 0.3) is 0 Å². The second kappa shape index (κ2) is 6.69. The highest BCUT2D eigenvalue weighted by Crippen LogP contribution is 2.35. The molecule has 2 rings (SSSR count). The van der Waals surface area contributed by atoms with E-state index in [2.05, 4.69) is 15.9 Å². The van der Waals surface area contributed by atoms with Crippen molar-refractivity contribution in [2.24, 2.45) is 0 Å². The van der Waals surface area contributed by atoms with Gasteiger partial charge in [0.05, 0.1) is 19.2 Å². The molecule has 6 heteroatoms. The van der Waals surface area contributed by atoms with Gasteiger partial charge in [0.15, 0.2) is 17.3 Å². The van der Waals surface area contributed by atoms with Crippen LogP contribution in [0.1, 0.15) is 15.9 Å². The molecule has 0 amide bonds. The highest BCUT2D eigenvalue weighted by Gasteiger charge is 2.19. The van der Waals surface area contributed by atoms with Crippen molar-refractivity contribution in [1.29, 1.82) is 0 Å². The molecule has 0 saturated carbocycles. The van der Waals surface area contributed by atoms with E-state index in [-0.39, 0.29) is 10.8 Å². The number of hydrogen-bond acceptors (Lipinski definition) is 3. The molecule has 2 aromatic rings. The van der Waals surface area contributed by atoms with Crippen molar-refractivity contribution in [3.63, 3.8) is 0 Å². The van der Waals surface area contributed by atoms with Gasteiger partial charge in [0, 0.05) is 26.7 Å². The molecular weight excluding hydrogens is 379 g/mol. The number of carbonyl (C=O) groups is 1. The fourth-order valence-corrected chi connectivity index (χ4v) is 2.68. The van der Waals surface area contributed by atoms with Crippen LogP contribution in [-0.2, 0) is 0 Å². The molecule has 0 aliphatic rings. The predicted octanol–water partition coefficient (Wildman–Crippen LogP) is 5.00. The van der Waals surface area contributed by atoms with Gasteiger partial charge in [0.1, 0.15) is 0 Å². The monoisotopic (exact) mass is 388 g/mol. The van der Waals surface area contributed by atoms with Crippen molar-refractivity contribution in [3.8, 4) is 11.5 Å². The first-order valence-electron chi connectivity index (χ1n) is 5.89. The van der Waals surface area contributed by atoms with E-state index in [1.54, 1.807) is 30.3 Å². The Balaban J connectivity index is 2.55. The summed E-state index contributed by atoms with van der Waals surface area (Å²) >= 11 is 15.5. The van der Waals surface area contributed by atoms with Gasteiger partial charge < -0.3 is 9.47 Å². The van der Waals surface area contributed by atoms with Gasteiger partial charge in [0.2, 0.25) is 0 Å². The Hall–Kier alpha value is -1.23. The molecule has 0 unspecified atom stereocenters. The van der Waals surface area contributed by atoms with Crippen LogP contribution in [0.5, 0.6) is 11.5 Å². The number of rotatable bonds is 4. The molecular formula is C15H11BrCl2O3. The van der Waals surface area contributed by atoms with Crippen molar-refractivity contribution in [3.05, 3.63) is 56.0 Å². The van der Waals surface area contributed by atoms with E-state index in [1.807, 2.05) is 0 Å². The number of carbonyl (C=O) groups excluding carboxylic acids is 1. The van der Waals surface area contributed by atoms with Crippen LogP contribution in [0.3, 0.4) is 0 Å². The summed E-state index contributed by atoms with van der Waals surface area (Å²) < 4.78 is 11.0. The van der Waals surface area contributed by atoms with Gasteiger partial charge >= 0.3 is 0 Å². The van der Waals surface area contributed by atoms with Gasteiger partial charge in [-0.15, -0.1) is 0 Å². The molecule has 0 N–H and O–H groups in total. The summed E-state index contributed by atoms with van der Waals surface area (Å²) in [4.78, 5) is 12.6. The third kappa shape index (κ3) is 3.34. The van der Waals surface area contributed by atoms with Crippen LogP contribution in [-0.4, -0.2) is 20.0 Å². The van der Waals surface area contributed by atoms with E-state index in [0.717, 1.165) is 0 Å². The van der Waals surface area contributed by atoms with Gasteiger partial charge in [-0.25, -0.2) is 0 Å². The van der Waals surface area contributed by atoms with Crippen LogP contribution in [0.2, 0.25) is 10.0 Å². The van der Waals surface area contributed by atoms with E-state index >= 15 is 0 Å². The van der Waals surface area contributed by atoms with E-state index in [4.69, 9.17) is 32.7 Å². The highest BCUT2D eigenvalue weighted by molar-refractivity contribution is 9.10. The number of ketones is 1. The lowest BCUT2D eigenvalue weighted by Crippen LogP contribution is -2.04. The Morgan fingerprint density at radius 2 is 1.62 bits per heavy atom. The van der Waals surface area contributed by atoms with Crippen molar-refractivity contribution in [2.45, 2.75) is 0 Å². The van der Waals surface area contributed by atoms with Crippen molar-refractivity contribution in [1.82, 2.24) is 0 Å². The first-order chi connectivity index (χ1) is 9.97. The number of hydrogen-bond donors (Lipinski definition) is 0. The van der Waals surface area contributed by atoms with E-state index < -0.39 is 0 Å². The minimum atomic E-state index is -0.254. The zero-order chi connectivity index (χ0) is 15.6. The summed E-state index contributed by atoms with van der Waals surface area (Å²) in [6, 6.07) is 8.09. The quantitative estimate of drug-likeness (QED) is 0.690. The van der Waals surface area contributed by atoms with Gasteiger partial charge in [-0.3, -0.25) is 4.79 Å². The maximum atomic E-state index is 12.6. The molecule has 0 heterocycles. The van der Waals surface area contributed by atoms with Crippen molar-refractivity contribution in [2.75, 3.05) is 14.2 Å². The van der Waals surface area contributed by atoms with Crippen LogP contribution in [0, 0.1) is 0 Å². The number of ether oxygens (including phenoxy) is 2. The minimum Gasteiger partial charge on any atom is -0.493 e. The first kappa shape index (κ1) is 16.1. The molecule has 0 radical (unpaired) electrons. The Labute approximate surface area is 140 Å². The Kier molecular flexibility index (Phi) is 5.14. The molecule has 2 aromatic carbocycles. The second-order valence-corrected chi connectivity index (χ2v) is 5.84. The predicted molar refractivity (Wildman–Crippen MR) is 87.1 cm³/mol. The van der Waals surface area contributed by atoms with Crippen LogP contribution in [0.15, 0.2) is 34.8 Å². The Morgan fingerprint density at radius 3 is 2.24 bits per heavy atom. The molecule has 0 fully saturated rings. The van der Waals surface area contributed by atoms with Crippen molar-refractivity contribution < 1.29 is 14.3 Å². The molecule has 0 spiro atoms. The number of benzene rings is 2. The average Bonchev–Trinajstić information content (AvgIpc) is 2.48. The molecule has 0 aromatic heterocycles. The second-order valence-electron chi connectivity index (χ2n) is 4.14. The summed E-state index contributed by atoms with van der Waals surface area (Å²) in [5.41, 5.74) is 0.744. The topological polar surface area (TPSA) is 35.5 Å². The average molecular weight is 390 g/mol. The van der Waals surface area contributed by atoms with E-state index in [0.29, 0.717) is 32.1 Å². The van der Waals surface area contributed by atoms with Crippen LogP contribution >= 0.6 is 39.1 Å². The van der Waals surface area contributed by atoms with Crippen LogP contribution in [0.4, 0.5) is 0 Å². The molecule has 0 aliphatic heterocycles. The summed E-state index contributed by atoms with van der Waals surface area (Å²) in [6.07, 6.45) is 0. The van der Waals surface area contributed by atoms with E-state index in [1.165, 1.54) is 14.2 Å². The molecule has 0 bridgehead atoms. The first-order valence-corrected chi connectivity index (χ1v) is 7.44. The maximum Gasteiger partial charge on any atom is 0.195 e. The summed E-state index contributed by atoms with van der Waals surface area (Å²) in [7, 11) is 3.00. The van der Waals surface area contributed by atoms with Crippen LogP contribution in [0.25, 0.3) is 0 Å². The number of methoxy groups -OCH3 is 2.